The van der Waals surface area contributed by atoms with Gasteiger partial charge >= 0.3 is 0 Å². The molecule has 0 saturated carbocycles. The molecule has 1 N–H and O–H groups in total. The van der Waals surface area contributed by atoms with Crippen molar-refractivity contribution < 1.29 is 13.2 Å². The molecule has 0 radical (unpaired) electrons. The summed E-state index contributed by atoms with van der Waals surface area (Å²) in [5, 5.41) is 2.30. The van der Waals surface area contributed by atoms with E-state index in [0.29, 0.717) is 0 Å². The van der Waals surface area contributed by atoms with Crippen molar-refractivity contribution in [3.05, 3.63) is 0 Å². The van der Waals surface area contributed by atoms with Crippen molar-refractivity contribution in [3.63, 3.8) is 0 Å². The Balaban J connectivity index is 3.49. The topological polar surface area (TPSA) is 63.2 Å². The van der Waals surface area contributed by atoms with Gasteiger partial charge in [0.2, 0.25) is 15.0 Å². The molecule has 0 saturated heterocycles. The van der Waals surface area contributed by atoms with Gasteiger partial charge in [-0.1, -0.05) is 0 Å². The molecular formula is C4H8ClNO3S. The van der Waals surface area contributed by atoms with Crippen LogP contribution in [0.5, 0.6) is 0 Å². The molecule has 1 amide bonds. The molecule has 0 aromatic rings. The van der Waals surface area contributed by atoms with Gasteiger partial charge < -0.3 is 5.32 Å². The van der Waals surface area contributed by atoms with Crippen LogP contribution >= 0.6 is 10.7 Å². The van der Waals surface area contributed by atoms with E-state index in [0.717, 1.165) is 0 Å². The predicted molar refractivity (Wildman–Crippen MR) is 38.3 cm³/mol. The van der Waals surface area contributed by atoms with Gasteiger partial charge in [0.25, 0.3) is 0 Å². The fourth-order valence-corrected chi connectivity index (χ4v) is 0.926. The van der Waals surface area contributed by atoms with Crippen molar-refractivity contribution in [2.24, 2.45) is 0 Å². The van der Waals surface area contributed by atoms with E-state index >= 15 is 0 Å². The Labute approximate surface area is 64.0 Å². The van der Waals surface area contributed by atoms with Crippen molar-refractivity contribution in [1.82, 2.24) is 5.32 Å². The molecular weight excluding hydrogens is 178 g/mol. The van der Waals surface area contributed by atoms with Crippen LogP contribution in [0.25, 0.3) is 0 Å². The van der Waals surface area contributed by atoms with E-state index < -0.39 is 9.05 Å². The molecule has 60 valence electrons. The number of rotatable bonds is 3. The zero-order valence-electron chi connectivity index (χ0n) is 5.43. The molecule has 0 aliphatic carbocycles. The summed E-state index contributed by atoms with van der Waals surface area (Å²) in [6.07, 6.45) is 0. The summed E-state index contributed by atoms with van der Waals surface area (Å²) in [6.45, 7) is 1.38. The maximum atomic E-state index is 10.2. The highest BCUT2D eigenvalue weighted by Gasteiger charge is 2.03. The summed E-state index contributed by atoms with van der Waals surface area (Å²) in [5.41, 5.74) is 0. The van der Waals surface area contributed by atoms with Gasteiger partial charge in [0, 0.05) is 24.2 Å². The standard InChI is InChI=1S/C4H8ClNO3S/c1-4(7)6-2-3-10(5,8)9/h2-3H2,1H3,(H,6,7). The van der Waals surface area contributed by atoms with E-state index in [1.165, 1.54) is 6.92 Å². The Morgan fingerprint density at radius 2 is 2.10 bits per heavy atom. The smallest absolute Gasteiger partial charge is 0.234 e. The highest BCUT2D eigenvalue weighted by molar-refractivity contribution is 8.13. The number of carbonyl (C=O) groups excluding carboxylic acids is 1. The van der Waals surface area contributed by atoms with Crippen LogP contribution in [0.4, 0.5) is 0 Å². The fraction of sp³-hybridized carbons (Fsp3) is 0.750. The average molecular weight is 186 g/mol. The third kappa shape index (κ3) is 7.71. The number of nitrogens with one attached hydrogen (secondary N) is 1. The first-order chi connectivity index (χ1) is 4.42. The Hall–Kier alpha value is -0.290. The minimum atomic E-state index is -3.46. The number of hydrogen-bond donors (Lipinski definition) is 1. The lowest BCUT2D eigenvalue weighted by Gasteiger charge is -1.96. The molecule has 6 heteroatoms. The molecule has 4 nitrogen and oxygen atoms in total. The molecule has 0 atom stereocenters. The Kier molecular flexibility index (Phi) is 3.67. The Morgan fingerprint density at radius 3 is 2.40 bits per heavy atom. The molecule has 0 fully saturated rings. The minimum absolute atomic E-state index is 0.0706. The molecule has 0 aromatic carbocycles. The number of hydrogen-bond acceptors (Lipinski definition) is 3. The SMILES string of the molecule is CC(=O)NCCS(=O)(=O)Cl. The van der Waals surface area contributed by atoms with Crippen LogP contribution in [0.1, 0.15) is 6.92 Å². The van der Waals surface area contributed by atoms with Crippen LogP contribution in [-0.2, 0) is 13.8 Å². The highest BCUT2D eigenvalue weighted by atomic mass is 35.7. The molecule has 0 heterocycles. The van der Waals surface area contributed by atoms with Crippen molar-refractivity contribution in [1.29, 1.82) is 0 Å². The zero-order valence-corrected chi connectivity index (χ0v) is 7.00. The lowest BCUT2D eigenvalue weighted by atomic mass is 10.6. The fourth-order valence-electron chi connectivity index (χ4n) is 0.349. The monoisotopic (exact) mass is 185 g/mol. The van der Waals surface area contributed by atoms with Crippen LogP contribution in [0, 0.1) is 0 Å². The van der Waals surface area contributed by atoms with E-state index in [9.17, 15) is 13.2 Å². The third-order valence-corrected chi connectivity index (χ3v) is 1.87. The van der Waals surface area contributed by atoms with Crippen molar-refractivity contribution in [2.75, 3.05) is 12.3 Å². The molecule has 0 rings (SSSR count). The quantitative estimate of drug-likeness (QED) is 0.614. The van der Waals surface area contributed by atoms with Crippen LogP contribution in [0.15, 0.2) is 0 Å². The average Bonchev–Trinajstić information content (AvgIpc) is 1.59. The summed E-state index contributed by atoms with van der Waals surface area (Å²) in [4.78, 5) is 10.2. The van der Waals surface area contributed by atoms with E-state index in [4.69, 9.17) is 10.7 Å². The first kappa shape index (κ1) is 9.71. The van der Waals surface area contributed by atoms with E-state index in [1.54, 1.807) is 0 Å². The van der Waals surface area contributed by atoms with E-state index in [2.05, 4.69) is 5.32 Å². The van der Waals surface area contributed by atoms with Crippen LogP contribution < -0.4 is 5.32 Å². The maximum absolute atomic E-state index is 10.2. The lowest BCUT2D eigenvalue weighted by molar-refractivity contribution is -0.118. The normalized spacial score (nSPS) is 11.0. The summed E-state index contributed by atoms with van der Waals surface area (Å²) >= 11 is 0. The summed E-state index contributed by atoms with van der Waals surface area (Å²) in [5.74, 6) is -0.492. The highest BCUT2D eigenvalue weighted by Crippen LogP contribution is 1.92. The van der Waals surface area contributed by atoms with Gasteiger partial charge in [-0.25, -0.2) is 8.42 Å². The number of carbonyl (C=O) groups is 1. The van der Waals surface area contributed by atoms with Crippen molar-refractivity contribution in [3.8, 4) is 0 Å². The molecule has 0 bridgehead atoms. The minimum Gasteiger partial charge on any atom is -0.355 e. The van der Waals surface area contributed by atoms with Crippen LogP contribution in [0.2, 0.25) is 0 Å². The van der Waals surface area contributed by atoms with Crippen molar-refractivity contribution in [2.45, 2.75) is 6.92 Å². The second-order valence-electron chi connectivity index (χ2n) is 1.73. The maximum Gasteiger partial charge on any atom is 0.234 e. The second-order valence-corrected chi connectivity index (χ2v) is 4.62. The van der Waals surface area contributed by atoms with Gasteiger partial charge in [0.05, 0.1) is 5.75 Å². The predicted octanol–water partition coefficient (Wildman–Crippen LogP) is -0.309. The lowest BCUT2D eigenvalue weighted by Crippen LogP contribution is -2.25. The molecule has 0 aromatic heterocycles. The van der Waals surface area contributed by atoms with Gasteiger partial charge in [0.1, 0.15) is 0 Å². The third-order valence-electron chi connectivity index (χ3n) is 0.720. The van der Waals surface area contributed by atoms with E-state index in [1.807, 2.05) is 0 Å². The number of halogens is 1. The Bertz CT molecular complexity index is 211. The zero-order chi connectivity index (χ0) is 8.20. The summed E-state index contributed by atoms with van der Waals surface area (Å²) in [7, 11) is 1.38. The van der Waals surface area contributed by atoms with Crippen LogP contribution in [0.3, 0.4) is 0 Å². The first-order valence-corrected chi connectivity index (χ1v) is 5.06. The summed E-state index contributed by atoms with van der Waals surface area (Å²) in [6, 6.07) is 0. The molecule has 10 heavy (non-hydrogen) atoms. The largest absolute Gasteiger partial charge is 0.355 e. The summed E-state index contributed by atoms with van der Waals surface area (Å²) < 4.78 is 20.5. The molecule has 0 unspecified atom stereocenters. The van der Waals surface area contributed by atoms with E-state index in [-0.39, 0.29) is 18.2 Å². The Morgan fingerprint density at radius 1 is 1.60 bits per heavy atom. The molecule has 0 aliphatic heterocycles. The van der Waals surface area contributed by atoms with Gasteiger partial charge in [-0.05, 0) is 0 Å². The second kappa shape index (κ2) is 3.78. The molecule has 0 spiro atoms. The van der Waals surface area contributed by atoms with Gasteiger partial charge in [-0.15, -0.1) is 0 Å². The van der Waals surface area contributed by atoms with Gasteiger partial charge in [-0.3, -0.25) is 4.79 Å². The number of amides is 1. The van der Waals surface area contributed by atoms with Crippen molar-refractivity contribution >= 4 is 25.6 Å². The van der Waals surface area contributed by atoms with Gasteiger partial charge in [-0.2, -0.15) is 0 Å². The van der Waals surface area contributed by atoms with Crippen LogP contribution in [-0.4, -0.2) is 26.6 Å². The molecule has 0 aliphatic rings. The first-order valence-electron chi connectivity index (χ1n) is 2.58. The van der Waals surface area contributed by atoms with Gasteiger partial charge in [0.15, 0.2) is 0 Å².